The fraction of sp³-hybridized carbons (Fsp3) is 0.929. The smallest absolute Gasteiger partial charge is 0.312 e. The van der Waals surface area contributed by atoms with E-state index in [0.717, 1.165) is 38.8 Å². The lowest BCUT2D eigenvalue weighted by Crippen LogP contribution is -2.47. The maximum atomic E-state index is 11.8. The summed E-state index contributed by atoms with van der Waals surface area (Å²) in [6.07, 6.45) is 4.48. The van der Waals surface area contributed by atoms with Crippen molar-refractivity contribution in [3.8, 4) is 0 Å². The molecule has 0 bridgehead atoms. The van der Waals surface area contributed by atoms with Crippen LogP contribution in [-0.4, -0.2) is 43.2 Å². The number of carbonyl (C=O) groups is 1. The average molecular weight is 256 g/mol. The van der Waals surface area contributed by atoms with Gasteiger partial charge in [-0.2, -0.15) is 0 Å². The molecule has 0 heterocycles. The standard InChI is InChI=1S/C14H28N2O2/c1-5-16(10-14(2,3)13(17)18-4)12-8-6-11(15)7-9-12/h11-12H,5-10,15H2,1-4H3. The number of rotatable bonds is 5. The highest BCUT2D eigenvalue weighted by molar-refractivity contribution is 5.76. The lowest BCUT2D eigenvalue weighted by Gasteiger charge is -2.38. The van der Waals surface area contributed by atoms with Gasteiger partial charge >= 0.3 is 5.97 Å². The number of hydrogen-bond donors (Lipinski definition) is 1. The second-order valence-corrected chi connectivity index (χ2v) is 6.01. The molecule has 0 atom stereocenters. The lowest BCUT2D eigenvalue weighted by molar-refractivity contribution is -0.152. The summed E-state index contributed by atoms with van der Waals surface area (Å²) in [4.78, 5) is 14.2. The lowest BCUT2D eigenvalue weighted by atomic mass is 9.87. The minimum atomic E-state index is -0.440. The van der Waals surface area contributed by atoms with Gasteiger partial charge in [0.25, 0.3) is 0 Å². The molecular weight excluding hydrogens is 228 g/mol. The Morgan fingerprint density at radius 3 is 2.33 bits per heavy atom. The zero-order valence-corrected chi connectivity index (χ0v) is 12.2. The predicted molar refractivity (Wildman–Crippen MR) is 73.3 cm³/mol. The van der Waals surface area contributed by atoms with Crippen molar-refractivity contribution in [2.75, 3.05) is 20.2 Å². The molecule has 0 saturated heterocycles. The van der Waals surface area contributed by atoms with Crippen molar-refractivity contribution in [2.45, 2.75) is 58.5 Å². The highest BCUT2D eigenvalue weighted by Crippen LogP contribution is 2.26. The molecule has 1 rings (SSSR count). The Balaban J connectivity index is 2.58. The summed E-state index contributed by atoms with van der Waals surface area (Å²) in [7, 11) is 1.46. The molecule has 4 nitrogen and oxygen atoms in total. The summed E-state index contributed by atoms with van der Waals surface area (Å²) in [5, 5.41) is 0. The molecule has 0 aromatic carbocycles. The van der Waals surface area contributed by atoms with E-state index in [1.165, 1.54) is 7.11 Å². The van der Waals surface area contributed by atoms with Crippen LogP contribution in [0.25, 0.3) is 0 Å². The van der Waals surface area contributed by atoms with E-state index >= 15 is 0 Å². The molecule has 1 aliphatic carbocycles. The van der Waals surface area contributed by atoms with Crippen LogP contribution in [0.15, 0.2) is 0 Å². The largest absolute Gasteiger partial charge is 0.469 e. The van der Waals surface area contributed by atoms with Gasteiger partial charge in [-0.05, 0) is 46.1 Å². The van der Waals surface area contributed by atoms with Crippen molar-refractivity contribution in [2.24, 2.45) is 11.1 Å². The van der Waals surface area contributed by atoms with Gasteiger partial charge in [-0.25, -0.2) is 0 Å². The molecule has 1 saturated carbocycles. The summed E-state index contributed by atoms with van der Waals surface area (Å²) < 4.78 is 4.88. The number of esters is 1. The highest BCUT2D eigenvalue weighted by atomic mass is 16.5. The first kappa shape index (κ1) is 15.4. The molecule has 4 heteroatoms. The molecule has 0 radical (unpaired) electrons. The topological polar surface area (TPSA) is 55.6 Å². The van der Waals surface area contributed by atoms with Gasteiger partial charge in [0, 0.05) is 18.6 Å². The first-order chi connectivity index (χ1) is 8.40. The summed E-state index contributed by atoms with van der Waals surface area (Å²) in [6.45, 7) is 7.80. The Kier molecular flexibility index (Phi) is 5.60. The number of methoxy groups -OCH3 is 1. The Morgan fingerprint density at radius 2 is 1.89 bits per heavy atom. The minimum absolute atomic E-state index is 0.131. The van der Waals surface area contributed by atoms with Gasteiger partial charge in [-0.15, -0.1) is 0 Å². The number of nitrogens with zero attached hydrogens (tertiary/aromatic N) is 1. The van der Waals surface area contributed by atoms with E-state index in [4.69, 9.17) is 10.5 Å². The zero-order chi connectivity index (χ0) is 13.8. The van der Waals surface area contributed by atoms with Crippen LogP contribution in [-0.2, 0) is 9.53 Å². The fourth-order valence-corrected chi connectivity index (χ4v) is 2.81. The summed E-state index contributed by atoms with van der Waals surface area (Å²) in [5.41, 5.74) is 5.50. The Labute approximate surface area is 111 Å². The first-order valence-corrected chi connectivity index (χ1v) is 6.98. The third-order valence-electron chi connectivity index (χ3n) is 4.00. The predicted octanol–water partition coefficient (Wildman–Crippen LogP) is 1.78. The molecule has 18 heavy (non-hydrogen) atoms. The van der Waals surface area contributed by atoms with Crippen LogP contribution in [0.3, 0.4) is 0 Å². The van der Waals surface area contributed by atoms with Gasteiger partial charge in [0.15, 0.2) is 0 Å². The van der Waals surface area contributed by atoms with Gasteiger partial charge < -0.3 is 10.5 Å². The van der Waals surface area contributed by atoms with Crippen LogP contribution < -0.4 is 5.73 Å². The molecule has 0 aromatic heterocycles. The summed E-state index contributed by atoms with van der Waals surface area (Å²) >= 11 is 0. The monoisotopic (exact) mass is 256 g/mol. The highest BCUT2D eigenvalue weighted by Gasteiger charge is 2.33. The van der Waals surface area contributed by atoms with Crippen molar-refractivity contribution < 1.29 is 9.53 Å². The molecule has 2 N–H and O–H groups in total. The second-order valence-electron chi connectivity index (χ2n) is 6.01. The first-order valence-electron chi connectivity index (χ1n) is 6.98. The van der Waals surface area contributed by atoms with Gasteiger partial charge in [-0.1, -0.05) is 6.92 Å². The number of carbonyl (C=O) groups excluding carboxylic acids is 1. The second kappa shape index (κ2) is 6.53. The molecule has 0 unspecified atom stereocenters. The van der Waals surface area contributed by atoms with Crippen molar-refractivity contribution in [3.05, 3.63) is 0 Å². The third-order valence-corrected chi connectivity index (χ3v) is 4.00. The molecule has 0 aromatic rings. The van der Waals surface area contributed by atoms with E-state index in [1.807, 2.05) is 13.8 Å². The van der Waals surface area contributed by atoms with E-state index in [1.54, 1.807) is 0 Å². The van der Waals surface area contributed by atoms with Crippen LogP contribution in [0.2, 0.25) is 0 Å². The molecule has 0 aliphatic heterocycles. The number of nitrogens with two attached hydrogens (primary N) is 1. The molecule has 106 valence electrons. The Hall–Kier alpha value is -0.610. The molecule has 1 fully saturated rings. The van der Waals surface area contributed by atoms with Gasteiger partial charge in [-0.3, -0.25) is 9.69 Å². The zero-order valence-electron chi connectivity index (χ0n) is 12.2. The average Bonchev–Trinajstić information content (AvgIpc) is 2.36. The van der Waals surface area contributed by atoms with Crippen LogP contribution >= 0.6 is 0 Å². The van der Waals surface area contributed by atoms with Crippen molar-refractivity contribution in [1.29, 1.82) is 0 Å². The quantitative estimate of drug-likeness (QED) is 0.762. The maximum absolute atomic E-state index is 11.8. The van der Waals surface area contributed by atoms with Crippen molar-refractivity contribution in [1.82, 2.24) is 4.90 Å². The number of ether oxygens (including phenoxy) is 1. The van der Waals surface area contributed by atoms with E-state index in [0.29, 0.717) is 12.1 Å². The van der Waals surface area contributed by atoms with Crippen molar-refractivity contribution >= 4 is 5.97 Å². The molecular formula is C14H28N2O2. The van der Waals surface area contributed by atoms with Crippen LogP contribution in [0.5, 0.6) is 0 Å². The van der Waals surface area contributed by atoms with E-state index < -0.39 is 5.41 Å². The van der Waals surface area contributed by atoms with Crippen LogP contribution in [0, 0.1) is 5.41 Å². The van der Waals surface area contributed by atoms with E-state index in [9.17, 15) is 4.79 Å². The fourth-order valence-electron chi connectivity index (χ4n) is 2.81. The van der Waals surface area contributed by atoms with Crippen molar-refractivity contribution in [3.63, 3.8) is 0 Å². The molecule has 1 aliphatic rings. The maximum Gasteiger partial charge on any atom is 0.312 e. The molecule has 0 spiro atoms. The SMILES string of the molecule is CCN(CC(C)(C)C(=O)OC)C1CCC(N)CC1. The van der Waals surface area contributed by atoms with Gasteiger partial charge in [0.1, 0.15) is 0 Å². The van der Waals surface area contributed by atoms with Gasteiger partial charge in [0.2, 0.25) is 0 Å². The third kappa shape index (κ3) is 3.95. The number of hydrogen-bond acceptors (Lipinski definition) is 4. The minimum Gasteiger partial charge on any atom is -0.469 e. The van der Waals surface area contributed by atoms with E-state index in [2.05, 4.69) is 11.8 Å². The molecule has 0 amide bonds. The van der Waals surface area contributed by atoms with Gasteiger partial charge in [0.05, 0.1) is 12.5 Å². The van der Waals surface area contributed by atoms with Crippen LogP contribution in [0.4, 0.5) is 0 Å². The summed E-state index contributed by atoms with van der Waals surface area (Å²) in [5.74, 6) is -0.131. The normalized spacial score (nSPS) is 25.2. The van der Waals surface area contributed by atoms with Crippen LogP contribution in [0.1, 0.15) is 46.5 Å². The Morgan fingerprint density at radius 1 is 1.33 bits per heavy atom. The Bertz CT molecular complexity index is 271. The van der Waals surface area contributed by atoms with E-state index in [-0.39, 0.29) is 5.97 Å². The summed E-state index contributed by atoms with van der Waals surface area (Å²) in [6, 6.07) is 0.937.